The second kappa shape index (κ2) is 12.8. The summed E-state index contributed by atoms with van der Waals surface area (Å²) in [5.41, 5.74) is 8.33. The van der Waals surface area contributed by atoms with Crippen molar-refractivity contribution in [3.05, 3.63) is 82.4 Å². The van der Waals surface area contributed by atoms with Gasteiger partial charge in [-0.2, -0.15) is 0 Å². The predicted molar refractivity (Wildman–Crippen MR) is 152 cm³/mol. The minimum absolute atomic E-state index is 0.0222. The van der Waals surface area contributed by atoms with Crippen LogP contribution in [0.25, 0.3) is 11.1 Å². The maximum absolute atomic E-state index is 11.3. The van der Waals surface area contributed by atoms with Crippen molar-refractivity contribution < 1.29 is 23.6 Å². The number of hydrogen-bond donors (Lipinski definition) is 1. The van der Waals surface area contributed by atoms with Gasteiger partial charge in [0.05, 0.1) is 18.9 Å². The molecular weight excluding hydrogens is 496 g/mol. The van der Waals surface area contributed by atoms with E-state index in [0.29, 0.717) is 19.0 Å². The second-order valence-corrected chi connectivity index (χ2v) is 11.2. The molecule has 0 aromatic heterocycles. The van der Waals surface area contributed by atoms with Crippen LogP contribution < -0.4 is 9.47 Å². The highest BCUT2D eigenvalue weighted by Crippen LogP contribution is 2.39. The highest BCUT2D eigenvalue weighted by atomic mass is 32.2. The van der Waals surface area contributed by atoms with Crippen LogP contribution in [-0.2, 0) is 35.0 Å². The van der Waals surface area contributed by atoms with Crippen LogP contribution in [0.3, 0.4) is 0 Å². The fourth-order valence-corrected chi connectivity index (χ4v) is 5.46. The smallest absolute Gasteiger partial charge is 0.304 e. The molecule has 3 aromatic carbocycles. The Morgan fingerprint density at radius 1 is 1.03 bits per heavy atom. The first-order valence-corrected chi connectivity index (χ1v) is 14.6. The number of benzene rings is 3. The topological polar surface area (TPSA) is 72.8 Å². The Bertz CT molecular complexity index is 1380. The molecule has 3 aromatic rings. The van der Waals surface area contributed by atoms with E-state index in [2.05, 4.69) is 49.1 Å². The monoisotopic (exact) mass is 530 g/mol. The highest BCUT2D eigenvalue weighted by molar-refractivity contribution is 7.84. The molecule has 5 nitrogen and oxygen atoms in total. The third-order valence-corrected chi connectivity index (χ3v) is 7.59. The number of rotatable bonds is 11. The minimum atomic E-state index is -0.864. The van der Waals surface area contributed by atoms with Crippen molar-refractivity contribution in [1.29, 1.82) is 0 Å². The molecule has 0 radical (unpaired) electrons. The van der Waals surface area contributed by atoms with Gasteiger partial charge in [0.1, 0.15) is 18.1 Å². The first-order chi connectivity index (χ1) is 18.3. The van der Waals surface area contributed by atoms with Crippen molar-refractivity contribution in [2.45, 2.75) is 52.1 Å². The van der Waals surface area contributed by atoms with Crippen molar-refractivity contribution in [3.8, 4) is 34.5 Å². The first-order valence-electron chi connectivity index (χ1n) is 12.9. The van der Waals surface area contributed by atoms with E-state index < -0.39 is 16.8 Å². The molecule has 198 valence electrons. The number of carboxylic acid groups (broad SMARTS) is 1. The normalized spacial score (nSPS) is 13.3. The molecule has 38 heavy (non-hydrogen) atoms. The number of carbonyl (C=O) groups is 1. The maximum atomic E-state index is 11.3. The highest BCUT2D eigenvalue weighted by Gasteiger charge is 2.20. The van der Waals surface area contributed by atoms with Crippen molar-refractivity contribution in [3.63, 3.8) is 0 Å². The molecule has 0 fully saturated rings. The summed E-state index contributed by atoms with van der Waals surface area (Å²) in [6, 6.07) is 18.3. The van der Waals surface area contributed by atoms with Gasteiger partial charge in [-0.25, -0.2) is 0 Å². The van der Waals surface area contributed by atoms with Crippen LogP contribution in [0.5, 0.6) is 11.5 Å². The Hall–Kier alpha value is -3.56. The molecule has 0 amide bonds. The third-order valence-electron chi connectivity index (χ3n) is 6.73. The molecule has 1 aliphatic carbocycles. The Kier molecular flexibility index (Phi) is 9.25. The van der Waals surface area contributed by atoms with Crippen LogP contribution in [0.1, 0.15) is 53.5 Å². The van der Waals surface area contributed by atoms with Gasteiger partial charge in [-0.15, -0.1) is 5.92 Å². The predicted octanol–water partition coefficient (Wildman–Crippen LogP) is 6.07. The number of aryl methyl sites for hydroxylation is 3. The zero-order valence-corrected chi connectivity index (χ0v) is 23.0. The fraction of sp³-hybridized carbons (Fsp3) is 0.344. The summed E-state index contributed by atoms with van der Waals surface area (Å²) in [5.74, 6) is 6.88. The number of hydrogen-bond acceptors (Lipinski definition) is 4. The molecule has 0 heterocycles. The van der Waals surface area contributed by atoms with Gasteiger partial charge in [0.25, 0.3) is 0 Å². The minimum Gasteiger partial charge on any atom is -0.494 e. The van der Waals surface area contributed by atoms with Gasteiger partial charge in [0.2, 0.25) is 0 Å². The zero-order chi connectivity index (χ0) is 27.1. The Balaban J connectivity index is 1.45. The van der Waals surface area contributed by atoms with E-state index >= 15 is 0 Å². The molecule has 0 saturated heterocycles. The van der Waals surface area contributed by atoms with Crippen LogP contribution in [0, 0.1) is 18.8 Å². The summed E-state index contributed by atoms with van der Waals surface area (Å²) in [4.78, 5) is 11.2. The van der Waals surface area contributed by atoms with Crippen LogP contribution in [0.4, 0.5) is 0 Å². The van der Waals surface area contributed by atoms with Gasteiger partial charge in [-0.05, 0) is 102 Å². The first kappa shape index (κ1) is 27.5. The van der Waals surface area contributed by atoms with Gasteiger partial charge in [-0.3, -0.25) is 9.00 Å². The van der Waals surface area contributed by atoms with Crippen LogP contribution in [0.2, 0.25) is 0 Å². The van der Waals surface area contributed by atoms with Crippen LogP contribution in [0.15, 0.2) is 54.6 Å². The number of aliphatic carboxylic acids is 1. The Labute approximate surface area is 227 Å². The SMILES string of the molecule is CC#C[C@@H](CC(=O)O)c1ccc(OCc2ccc3c(c2)-c2c(C)cc(OCCCS(C)=O)cc2CC3)cc1. The molecule has 1 unspecified atom stereocenters. The molecule has 1 N–H and O–H groups in total. The molecule has 0 saturated carbocycles. The van der Waals surface area contributed by atoms with Gasteiger partial charge < -0.3 is 14.6 Å². The standard InChI is InChI=1S/C32H34O5S/c1-4-6-26(20-31(33)34)24-11-13-28(14-12-24)37-21-23-7-8-25-9-10-27-19-29(36-15-5-16-38(3)35)17-22(2)32(27)30(25)18-23/h7-8,11-14,17-19,26H,5,9-10,15-16,20-21H2,1-3H3,(H,33,34)/t26-,38?/m0/s1. The lowest BCUT2D eigenvalue weighted by molar-refractivity contribution is -0.137. The van der Waals surface area contributed by atoms with E-state index in [1.807, 2.05) is 24.3 Å². The van der Waals surface area contributed by atoms with E-state index in [1.165, 1.54) is 27.8 Å². The van der Waals surface area contributed by atoms with Gasteiger partial charge >= 0.3 is 5.97 Å². The molecular formula is C32H34O5S. The lowest BCUT2D eigenvalue weighted by atomic mass is 9.82. The molecule has 6 heteroatoms. The van der Waals surface area contributed by atoms with E-state index in [4.69, 9.17) is 14.6 Å². The van der Waals surface area contributed by atoms with Crippen LogP contribution >= 0.6 is 0 Å². The largest absolute Gasteiger partial charge is 0.494 e. The summed E-state index contributed by atoms with van der Waals surface area (Å²) in [6.45, 7) is 4.86. The molecule has 0 spiro atoms. The molecule has 1 aliphatic rings. The molecule has 0 bridgehead atoms. The Morgan fingerprint density at radius 2 is 1.79 bits per heavy atom. The van der Waals surface area contributed by atoms with Crippen molar-refractivity contribution in [2.24, 2.45) is 0 Å². The summed E-state index contributed by atoms with van der Waals surface area (Å²) in [6.07, 6.45) is 4.45. The number of ether oxygens (including phenoxy) is 2. The molecule has 0 aliphatic heterocycles. The number of fused-ring (bicyclic) bond motifs is 3. The number of carboxylic acids is 1. The summed E-state index contributed by atoms with van der Waals surface area (Å²) in [7, 11) is -0.792. The Morgan fingerprint density at radius 3 is 2.50 bits per heavy atom. The van der Waals surface area contributed by atoms with Gasteiger partial charge in [0, 0.05) is 22.8 Å². The average molecular weight is 531 g/mol. The van der Waals surface area contributed by atoms with Crippen molar-refractivity contribution in [1.82, 2.24) is 0 Å². The molecule has 4 rings (SSSR count). The summed E-state index contributed by atoms with van der Waals surface area (Å²) in [5, 5.41) is 9.17. The van der Waals surface area contributed by atoms with E-state index in [1.54, 1.807) is 13.2 Å². The lowest BCUT2D eigenvalue weighted by Crippen LogP contribution is -2.09. The molecule has 2 atom stereocenters. The van der Waals surface area contributed by atoms with Crippen molar-refractivity contribution in [2.75, 3.05) is 18.6 Å². The van der Waals surface area contributed by atoms with Gasteiger partial charge in [0.15, 0.2) is 0 Å². The van der Waals surface area contributed by atoms with E-state index in [0.717, 1.165) is 41.9 Å². The van der Waals surface area contributed by atoms with E-state index in [-0.39, 0.29) is 12.3 Å². The lowest BCUT2D eigenvalue weighted by Gasteiger charge is -2.24. The average Bonchev–Trinajstić information content (AvgIpc) is 2.89. The quantitative estimate of drug-likeness (QED) is 0.241. The second-order valence-electron chi connectivity index (χ2n) is 9.65. The van der Waals surface area contributed by atoms with Crippen molar-refractivity contribution >= 4 is 16.8 Å². The van der Waals surface area contributed by atoms with Gasteiger partial charge in [-0.1, -0.05) is 30.2 Å². The van der Waals surface area contributed by atoms with E-state index in [9.17, 15) is 9.00 Å². The maximum Gasteiger partial charge on any atom is 0.304 e. The van der Waals surface area contributed by atoms with Crippen LogP contribution in [-0.4, -0.2) is 33.9 Å². The fourth-order valence-electron chi connectivity index (χ4n) is 4.94. The summed E-state index contributed by atoms with van der Waals surface area (Å²) < 4.78 is 23.3. The zero-order valence-electron chi connectivity index (χ0n) is 22.2. The third kappa shape index (κ3) is 7.05. The summed E-state index contributed by atoms with van der Waals surface area (Å²) >= 11 is 0.